The molecule has 9 aromatic carbocycles. The van der Waals surface area contributed by atoms with E-state index in [0.29, 0.717) is 11.5 Å². The zero-order valence-electron chi connectivity index (χ0n) is 40.0. The van der Waals surface area contributed by atoms with Crippen LogP contribution >= 0.6 is 0 Å². The topological polar surface area (TPSA) is 41.3 Å². The number of hydrogen-bond donors (Lipinski definition) is 0. The average Bonchev–Trinajstić information content (AvgIpc) is 4.11. The molecule has 0 atom stereocenters. The maximum atomic E-state index is 7.02. The van der Waals surface area contributed by atoms with Gasteiger partial charge in [-0.05, 0) is 24.6 Å². The van der Waals surface area contributed by atoms with Gasteiger partial charge in [-0.1, -0.05) is 36.4 Å². The van der Waals surface area contributed by atoms with E-state index in [1.165, 1.54) is 32.6 Å². The molecule has 0 bridgehead atoms. The minimum atomic E-state index is -0.209. The van der Waals surface area contributed by atoms with Gasteiger partial charge in [0.05, 0.1) is 16.6 Å². The van der Waals surface area contributed by atoms with Crippen molar-refractivity contribution < 1.29 is 24.1 Å². The molecule has 0 fully saturated rings. The summed E-state index contributed by atoms with van der Waals surface area (Å²) in [6, 6.07) is 77.2. The predicted molar refractivity (Wildman–Crippen MR) is 291 cm³/mol. The van der Waals surface area contributed by atoms with E-state index in [2.05, 4.69) is 259 Å². The van der Waals surface area contributed by atoms with Crippen LogP contribution in [0.3, 0.4) is 0 Å². The Balaban J connectivity index is 0.963. The molecule has 0 radical (unpaired) electrons. The molecule has 0 spiro atoms. The van der Waals surface area contributed by atoms with Gasteiger partial charge < -0.3 is 4.40 Å². The number of fused-ring (bicyclic) bond motifs is 10. The molecule has 348 valence electrons. The molecule has 14 rings (SSSR count). The van der Waals surface area contributed by atoms with Crippen molar-refractivity contribution in [3.8, 4) is 50.9 Å². The number of rotatable bonds is 7. The molecule has 0 aliphatic carbocycles. The van der Waals surface area contributed by atoms with Gasteiger partial charge in [-0.3, -0.25) is 0 Å². The van der Waals surface area contributed by atoms with Crippen molar-refractivity contribution in [1.29, 1.82) is 0 Å². The SMILES string of the molecule is Cc1ccnc(-n2c3[c-]c(Oc4[c-]c(-n5[c](=[Pt])n(-c6c(-c7ccccc7)cccc6-c6ccccc6)c6ccccc65)cc(C(C)(C)C)c4)ccc3c3cc4c5cccc6c7ccccc7n(c4cc32)c65)c1. The van der Waals surface area contributed by atoms with Crippen molar-refractivity contribution in [2.45, 2.75) is 33.1 Å². The van der Waals surface area contributed by atoms with Crippen molar-refractivity contribution in [2.75, 3.05) is 0 Å². The molecule has 5 heterocycles. The molecule has 0 unspecified atom stereocenters. The second-order valence-electron chi connectivity index (χ2n) is 19.9. The minimum absolute atomic E-state index is 0.209. The van der Waals surface area contributed by atoms with Crippen molar-refractivity contribution in [2.24, 2.45) is 0 Å². The Labute approximate surface area is 427 Å². The average molecular weight is 1110 g/mol. The van der Waals surface area contributed by atoms with Gasteiger partial charge >= 0.3 is 320 Å². The monoisotopic (exact) mass is 1110 g/mol. The van der Waals surface area contributed by atoms with E-state index in [4.69, 9.17) is 9.72 Å². The molecular weight excluding hydrogens is 1060 g/mol. The maximum absolute atomic E-state index is 7.02. The minimum Gasteiger partial charge on any atom is 0.0620 e. The van der Waals surface area contributed by atoms with Crippen LogP contribution in [-0.2, 0) is 24.8 Å². The summed E-state index contributed by atoms with van der Waals surface area (Å²) in [6.45, 7) is 8.87. The number of aryl methyl sites for hydroxylation is 1. The van der Waals surface area contributed by atoms with Crippen molar-refractivity contribution in [3.63, 3.8) is 0 Å². The quantitative estimate of drug-likeness (QED) is 0.149. The van der Waals surface area contributed by atoms with Crippen LogP contribution in [0.2, 0.25) is 0 Å². The summed E-state index contributed by atoms with van der Waals surface area (Å²) < 4.78 is 17.5. The normalized spacial score (nSPS) is 12.2. The third-order valence-electron chi connectivity index (χ3n) is 14.4. The first-order valence-corrected chi connectivity index (χ1v) is 25.5. The van der Waals surface area contributed by atoms with E-state index in [0.717, 1.165) is 92.7 Å². The van der Waals surface area contributed by atoms with E-state index in [1.807, 2.05) is 18.3 Å². The summed E-state index contributed by atoms with van der Waals surface area (Å²) >= 11 is 2.51. The molecule has 72 heavy (non-hydrogen) atoms. The fourth-order valence-corrected chi connectivity index (χ4v) is 12.2. The van der Waals surface area contributed by atoms with Gasteiger partial charge in [0.2, 0.25) is 0 Å². The molecule has 0 saturated carbocycles. The second-order valence-corrected chi connectivity index (χ2v) is 20.9. The fraction of sp³-hybridized carbons (Fsp3) is 0.0769. The standard InChI is InChI=1S/C65H45N5O.Pt/c1-41-31-32-66-62(33-41)69-59-37-46(29-30-51(59)54-38-55-53-25-16-24-52-50-21-11-12-26-56(50)70(64(52)53)61(55)39-60(54)69)71-47-35-44(65(2,3)4)34-45(36-47)67-40-68(58-28-14-13-27-57(58)67)63-48(42-17-7-5-8-18-42)22-15-23-49(63)43-19-9-6-10-20-43;/h5-35,38-39H,1-4H3;/q-2;. The Morgan fingerprint density at radius 1 is 0.486 bits per heavy atom. The number of hydrogen-bond acceptors (Lipinski definition) is 2. The first-order valence-electron chi connectivity index (χ1n) is 24.4. The zero-order valence-corrected chi connectivity index (χ0v) is 42.3. The number of aromatic nitrogens is 5. The van der Waals surface area contributed by atoms with Gasteiger partial charge in [-0.25, -0.2) is 0 Å². The van der Waals surface area contributed by atoms with Gasteiger partial charge in [-0.2, -0.15) is 0 Å². The number of imidazole rings is 1. The molecule has 14 aromatic rings. The van der Waals surface area contributed by atoms with E-state index in [-0.39, 0.29) is 5.41 Å². The Bertz CT molecular complexity index is 4490. The molecule has 7 heteroatoms. The van der Waals surface area contributed by atoms with Crippen LogP contribution < -0.4 is 4.74 Å². The van der Waals surface area contributed by atoms with Gasteiger partial charge in [0.15, 0.2) is 0 Å². The Hall–Kier alpha value is -8.31. The number of benzene rings is 9. The van der Waals surface area contributed by atoms with Crippen LogP contribution in [-0.4, -0.2) is 23.1 Å². The van der Waals surface area contributed by atoms with Gasteiger partial charge in [0, 0.05) is 27.7 Å². The number of ether oxygens (including phenoxy) is 1. The van der Waals surface area contributed by atoms with E-state index in [1.54, 1.807) is 0 Å². The summed E-state index contributed by atoms with van der Waals surface area (Å²) in [6.07, 6.45) is 1.89. The van der Waals surface area contributed by atoms with Crippen molar-refractivity contribution >= 4 is 70.9 Å². The van der Waals surface area contributed by atoms with E-state index < -0.39 is 0 Å². The third kappa shape index (κ3) is 6.52. The number of pyridine rings is 1. The molecule has 5 aromatic heterocycles. The summed E-state index contributed by atoms with van der Waals surface area (Å²) in [5.74, 6) is 2.03. The van der Waals surface area contributed by atoms with Gasteiger partial charge in [0.25, 0.3) is 0 Å². The molecule has 0 aliphatic heterocycles. The second kappa shape index (κ2) is 16.1. The Kier molecular flexibility index (Phi) is 9.52. The summed E-state index contributed by atoms with van der Waals surface area (Å²) in [7, 11) is 0. The van der Waals surface area contributed by atoms with Crippen molar-refractivity contribution in [1.82, 2.24) is 23.1 Å². The molecule has 0 saturated heterocycles. The van der Waals surface area contributed by atoms with Gasteiger partial charge in [-0.15, -0.1) is 0 Å². The van der Waals surface area contributed by atoms with Crippen molar-refractivity contribution in [3.05, 3.63) is 227 Å². The predicted octanol–water partition coefficient (Wildman–Crippen LogP) is 16.5. The number of nitrogens with zero attached hydrogens (tertiary/aromatic N) is 5. The first kappa shape index (κ1) is 42.6. The Morgan fingerprint density at radius 2 is 1.11 bits per heavy atom. The van der Waals surface area contributed by atoms with E-state index >= 15 is 0 Å². The van der Waals surface area contributed by atoms with Crippen LogP contribution in [0.5, 0.6) is 11.5 Å². The van der Waals surface area contributed by atoms with Crippen LogP contribution in [0.4, 0.5) is 0 Å². The third-order valence-corrected chi connectivity index (χ3v) is 15.4. The molecule has 0 amide bonds. The molecular formula is C65H45N5OPt-2. The zero-order chi connectivity index (χ0) is 48.4. The number of para-hydroxylation sites is 5. The fourth-order valence-electron chi connectivity index (χ4n) is 11.1. The molecule has 6 nitrogen and oxygen atoms in total. The van der Waals surface area contributed by atoms with Crippen LogP contribution in [0.25, 0.3) is 110 Å². The molecule has 0 N–H and O–H groups in total. The summed E-state index contributed by atoms with van der Waals surface area (Å²) in [5.41, 5.74) is 16.4. The molecule has 0 aliphatic rings. The summed E-state index contributed by atoms with van der Waals surface area (Å²) in [4.78, 5) is 4.98. The van der Waals surface area contributed by atoms with E-state index in [9.17, 15) is 0 Å². The summed E-state index contributed by atoms with van der Waals surface area (Å²) in [5, 5.41) is 7.21. The Morgan fingerprint density at radius 3 is 1.82 bits per heavy atom. The first-order chi connectivity index (χ1) is 35.2. The van der Waals surface area contributed by atoms with Crippen LogP contribution in [0.15, 0.2) is 200 Å². The smallest absolute Gasteiger partial charge is 0.0620 e. The van der Waals surface area contributed by atoms with Crippen LogP contribution in [0.1, 0.15) is 31.9 Å². The van der Waals surface area contributed by atoms with Crippen LogP contribution in [0, 0.1) is 22.9 Å². The van der Waals surface area contributed by atoms with Gasteiger partial charge in [0.1, 0.15) is 0 Å².